The number of rotatable bonds is 13. The van der Waals surface area contributed by atoms with Gasteiger partial charge in [-0.25, -0.2) is 4.98 Å². The van der Waals surface area contributed by atoms with E-state index in [9.17, 15) is 4.79 Å². The van der Waals surface area contributed by atoms with Gasteiger partial charge in [0.05, 0.1) is 24.8 Å². The first-order chi connectivity index (χ1) is 18.1. The van der Waals surface area contributed by atoms with Crippen molar-refractivity contribution in [2.45, 2.75) is 32.2 Å². The van der Waals surface area contributed by atoms with Crippen molar-refractivity contribution in [3.8, 4) is 11.5 Å². The topological polar surface area (TPSA) is 65.4 Å². The summed E-state index contributed by atoms with van der Waals surface area (Å²) in [4.78, 5) is 17.2. The molecule has 1 aromatic heterocycles. The van der Waals surface area contributed by atoms with Crippen molar-refractivity contribution in [2.24, 2.45) is 0 Å². The number of benzene rings is 3. The molecule has 4 aromatic rings. The molecule has 0 aliphatic rings. The highest BCUT2D eigenvalue weighted by atomic mass is 35.5. The van der Waals surface area contributed by atoms with Gasteiger partial charge in [0.1, 0.15) is 5.82 Å². The maximum absolute atomic E-state index is 12.4. The Morgan fingerprint density at radius 3 is 2.68 bits per heavy atom. The number of nitrogens with zero attached hydrogens (tertiary/aromatic N) is 2. The zero-order valence-electron chi connectivity index (χ0n) is 21.1. The Labute approximate surface area is 222 Å². The molecule has 0 aliphatic carbocycles. The number of aryl methyl sites for hydroxylation is 2. The molecule has 192 valence electrons. The molecule has 7 heteroatoms. The number of hydrogen-bond donors (Lipinski definition) is 1. The van der Waals surface area contributed by atoms with Gasteiger partial charge in [0, 0.05) is 30.1 Å². The number of carbonyl (C=O) groups is 1. The molecule has 0 bridgehead atoms. The normalized spacial score (nSPS) is 10.9. The molecule has 0 saturated heterocycles. The molecule has 0 spiro atoms. The summed E-state index contributed by atoms with van der Waals surface area (Å²) in [6.07, 6.45) is 5.02. The van der Waals surface area contributed by atoms with Crippen molar-refractivity contribution >= 4 is 28.5 Å². The zero-order valence-corrected chi connectivity index (χ0v) is 21.8. The lowest BCUT2D eigenvalue weighted by Gasteiger charge is -2.13. The van der Waals surface area contributed by atoms with Crippen molar-refractivity contribution < 1.29 is 14.3 Å². The van der Waals surface area contributed by atoms with Crippen LogP contribution < -0.4 is 14.8 Å². The third-order valence-electron chi connectivity index (χ3n) is 6.09. The molecule has 0 saturated carbocycles. The fourth-order valence-corrected chi connectivity index (χ4v) is 4.37. The van der Waals surface area contributed by atoms with Gasteiger partial charge in [-0.2, -0.15) is 0 Å². The number of para-hydroxylation sites is 2. The predicted octanol–water partition coefficient (Wildman–Crippen LogP) is 6.26. The summed E-state index contributed by atoms with van der Waals surface area (Å²) >= 11 is 5.91. The van der Waals surface area contributed by atoms with Gasteiger partial charge < -0.3 is 19.4 Å². The Hall–Kier alpha value is -3.77. The number of hydrogen-bond acceptors (Lipinski definition) is 4. The van der Waals surface area contributed by atoms with E-state index in [1.165, 1.54) is 0 Å². The van der Waals surface area contributed by atoms with Crippen molar-refractivity contribution in [3.05, 3.63) is 101 Å². The first kappa shape index (κ1) is 26.3. The Kier molecular flexibility index (Phi) is 9.22. The molecular weight excluding hydrogens is 486 g/mol. The van der Waals surface area contributed by atoms with Crippen LogP contribution >= 0.6 is 11.6 Å². The van der Waals surface area contributed by atoms with E-state index in [0.29, 0.717) is 23.7 Å². The highest BCUT2D eigenvalue weighted by Crippen LogP contribution is 2.28. The number of imidazole rings is 1. The molecule has 4 rings (SSSR count). The maximum Gasteiger partial charge on any atom is 0.251 e. The number of fused-ring (bicyclic) bond motifs is 1. The second-order valence-electron chi connectivity index (χ2n) is 8.71. The summed E-state index contributed by atoms with van der Waals surface area (Å²) in [6.45, 7) is 5.69. The van der Waals surface area contributed by atoms with Crippen LogP contribution in [0.25, 0.3) is 11.0 Å². The number of allylic oxidation sites excluding steroid dienone is 1. The number of nitrogens with one attached hydrogen (secondary N) is 1. The smallest absolute Gasteiger partial charge is 0.251 e. The molecule has 0 unspecified atom stereocenters. The molecule has 0 atom stereocenters. The van der Waals surface area contributed by atoms with E-state index in [0.717, 1.165) is 66.1 Å². The average Bonchev–Trinajstić information content (AvgIpc) is 3.27. The second-order valence-corrected chi connectivity index (χ2v) is 9.15. The van der Waals surface area contributed by atoms with Gasteiger partial charge in [-0.15, -0.1) is 6.58 Å². The lowest BCUT2D eigenvalue weighted by Crippen LogP contribution is -2.25. The van der Waals surface area contributed by atoms with E-state index in [2.05, 4.69) is 22.5 Å². The van der Waals surface area contributed by atoms with Crippen molar-refractivity contribution in [3.63, 3.8) is 0 Å². The number of aromatic nitrogens is 2. The van der Waals surface area contributed by atoms with Crippen LogP contribution in [0.4, 0.5) is 0 Å². The van der Waals surface area contributed by atoms with Crippen molar-refractivity contribution in [2.75, 3.05) is 20.3 Å². The lowest BCUT2D eigenvalue weighted by atomic mass is 10.1. The van der Waals surface area contributed by atoms with E-state index in [1.54, 1.807) is 31.4 Å². The van der Waals surface area contributed by atoms with Gasteiger partial charge in [0.25, 0.3) is 5.91 Å². The minimum absolute atomic E-state index is 0.102. The van der Waals surface area contributed by atoms with Crippen LogP contribution in [0.2, 0.25) is 5.02 Å². The fraction of sp³-hybridized carbons (Fsp3) is 0.267. The number of carbonyl (C=O) groups excluding carboxylic acids is 1. The van der Waals surface area contributed by atoms with Crippen LogP contribution in [0.1, 0.15) is 34.6 Å². The number of amides is 1. The van der Waals surface area contributed by atoms with Gasteiger partial charge >= 0.3 is 0 Å². The lowest BCUT2D eigenvalue weighted by molar-refractivity contribution is 0.0953. The molecule has 6 nitrogen and oxygen atoms in total. The molecule has 0 aliphatic heterocycles. The van der Waals surface area contributed by atoms with E-state index in [1.807, 2.05) is 42.5 Å². The minimum Gasteiger partial charge on any atom is -0.493 e. The van der Waals surface area contributed by atoms with Crippen molar-refractivity contribution in [1.29, 1.82) is 0 Å². The van der Waals surface area contributed by atoms with Crippen LogP contribution in [-0.2, 0) is 19.4 Å². The van der Waals surface area contributed by atoms with Crippen LogP contribution in [0.3, 0.4) is 0 Å². The fourth-order valence-electron chi connectivity index (χ4n) is 4.25. The summed E-state index contributed by atoms with van der Waals surface area (Å²) in [5.74, 6) is 2.37. The molecule has 1 N–H and O–H groups in total. The first-order valence-electron chi connectivity index (χ1n) is 12.5. The van der Waals surface area contributed by atoms with Gasteiger partial charge in [0.2, 0.25) is 0 Å². The van der Waals surface area contributed by atoms with Crippen LogP contribution in [0.5, 0.6) is 11.5 Å². The molecule has 3 aromatic carbocycles. The van der Waals surface area contributed by atoms with Crippen LogP contribution in [-0.4, -0.2) is 35.7 Å². The van der Waals surface area contributed by atoms with Gasteiger partial charge in [-0.1, -0.05) is 35.9 Å². The highest BCUT2D eigenvalue weighted by Gasteiger charge is 2.12. The summed E-state index contributed by atoms with van der Waals surface area (Å²) in [5.41, 5.74) is 3.82. The van der Waals surface area contributed by atoms with E-state index in [-0.39, 0.29) is 5.91 Å². The first-order valence-corrected chi connectivity index (χ1v) is 12.9. The summed E-state index contributed by atoms with van der Waals surface area (Å²) < 4.78 is 13.8. The maximum atomic E-state index is 12.4. The number of methoxy groups -OCH3 is 1. The minimum atomic E-state index is -0.102. The summed E-state index contributed by atoms with van der Waals surface area (Å²) in [7, 11) is 1.65. The van der Waals surface area contributed by atoms with Gasteiger partial charge in [-0.3, -0.25) is 4.79 Å². The molecule has 37 heavy (non-hydrogen) atoms. The quantitative estimate of drug-likeness (QED) is 0.168. The number of halogens is 1. The largest absolute Gasteiger partial charge is 0.493 e. The Balaban J connectivity index is 1.33. The molecular formula is C30H32ClN3O3. The van der Waals surface area contributed by atoms with E-state index >= 15 is 0 Å². The molecule has 1 amide bonds. The monoisotopic (exact) mass is 517 g/mol. The molecule has 0 fully saturated rings. The van der Waals surface area contributed by atoms with E-state index in [4.69, 9.17) is 26.1 Å². The standard InChI is InChI=1S/C30H32ClN3O3/c1-3-8-22-12-17-27(28(21-22)36-2)37-20-7-19-34-26-10-5-4-9-25(26)33-29(34)11-6-18-32-30(35)23-13-15-24(31)16-14-23/h3-5,9-10,12-17,21H,1,6-8,11,18-20H2,2H3,(H,32,35). The Bertz CT molecular complexity index is 1350. The second kappa shape index (κ2) is 13.0. The van der Waals surface area contributed by atoms with Crippen LogP contribution in [0.15, 0.2) is 79.4 Å². The third-order valence-corrected chi connectivity index (χ3v) is 6.35. The predicted molar refractivity (Wildman–Crippen MR) is 149 cm³/mol. The summed E-state index contributed by atoms with van der Waals surface area (Å²) in [6, 6.07) is 21.0. The highest BCUT2D eigenvalue weighted by molar-refractivity contribution is 6.30. The molecule has 0 radical (unpaired) electrons. The van der Waals surface area contributed by atoms with Crippen molar-refractivity contribution in [1.82, 2.24) is 14.9 Å². The van der Waals surface area contributed by atoms with E-state index < -0.39 is 0 Å². The summed E-state index contributed by atoms with van der Waals surface area (Å²) in [5, 5.41) is 3.59. The number of ether oxygens (including phenoxy) is 2. The van der Waals surface area contributed by atoms with Gasteiger partial charge in [0.15, 0.2) is 11.5 Å². The zero-order chi connectivity index (χ0) is 26.0. The average molecular weight is 518 g/mol. The Morgan fingerprint density at radius 1 is 1.08 bits per heavy atom. The molecule has 1 heterocycles. The SMILES string of the molecule is C=CCc1ccc(OCCCn2c(CCCNC(=O)c3ccc(Cl)cc3)nc3ccccc32)c(OC)c1. The van der Waals surface area contributed by atoms with Gasteiger partial charge in [-0.05, 0) is 73.4 Å². The Morgan fingerprint density at radius 2 is 1.89 bits per heavy atom. The van der Waals surface area contributed by atoms with Crippen LogP contribution in [0, 0.1) is 0 Å². The third kappa shape index (κ3) is 6.92.